The molecule has 36 heavy (non-hydrogen) atoms. The van der Waals surface area contributed by atoms with Crippen LogP contribution in [0.2, 0.25) is 0 Å². The van der Waals surface area contributed by atoms with Crippen LogP contribution in [0.5, 0.6) is 11.5 Å². The number of hydrogen-bond donors (Lipinski definition) is 1. The number of rotatable bonds is 11. The number of benzene rings is 2. The van der Waals surface area contributed by atoms with Crippen LogP contribution >= 0.6 is 11.8 Å². The minimum absolute atomic E-state index is 0.0149. The number of aliphatic carboxylic acids is 1. The third-order valence-corrected chi connectivity index (χ3v) is 8.46. The standard InChI is InChI=1S/C29H35NO5S/c1-2-5-21-16-22(29-30-28-26(36-29)6-3-13-35-28)9-12-25(21)34-15-4-14-33-23-10-11-24-19(17-23)7-8-20(24)18-27(31)32/h9-12,16-17,20,26,28H,2-8,13-15,18H2,1H3,(H,31,32)/t20-,26?,28?/m0/s1. The van der Waals surface area contributed by atoms with Crippen LogP contribution in [0.4, 0.5) is 0 Å². The summed E-state index contributed by atoms with van der Waals surface area (Å²) in [5.41, 5.74) is 4.77. The normalized spacial score (nSPS) is 22.6. The highest BCUT2D eigenvalue weighted by Crippen LogP contribution is 2.38. The fourth-order valence-corrected chi connectivity index (χ4v) is 6.61. The van der Waals surface area contributed by atoms with E-state index in [2.05, 4.69) is 31.2 Å². The second-order valence-corrected chi connectivity index (χ2v) is 11.0. The quantitative estimate of drug-likeness (QED) is 0.375. The summed E-state index contributed by atoms with van der Waals surface area (Å²) >= 11 is 1.85. The summed E-state index contributed by atoms with van der Waals surface area (Å²) in [6, 6.07) is 12.5. The number of carboxylic acids is 1. The average molecular weight is 510 g/mol. The van der Waals surface area contributed by atoms with Gasteiger partial charge in [-0.1, -0.05) is 31.2 Å². The predicted octanol–water partition coefficient (Wildman–Crippen LogP) is 5.99. The molecule has 2 heterocycles. The molecule has 5 rings (SSSR count). The lowest BCUT2D eigenvalue weighted by Gasteiger charge is -2.22. The Labute approximate surface area is 217 Å². The van der Waals surface area contributed by atoms with Gasteiger partial charge in [0.25, 0.3) is 0 Å². The maximum Gasteiger partial charge on any atom is 0.303 e. The zero-order valence-electron chi connectivity index (χ0n) is 20.9. The Balaban J connectivity index is 1.12. The van der Waals surface area contributed by atoms with Gasteiger partial charge in [-0.05, 0) is 85.0 Å². The molecule has 0 saturated carbocycles. The van der Waals surface area contributed by atoms with E-state index in [1.54, 1.807) is 0 Å². The van der Waals surface area contributed by atoms with Crippen LogP contribution in [0.25, 0.3) is 0 Å². The molecule has 7 heteroatoms. The van der Waals surface area contributed by atoms with Gasteiger partial charge in [0.15, 0.2) is 6.23 Å². The van der Waals surface area contributed by atoms with Crippen molar-refractivity contribution >= 4 is 22.8 Å². The largest absolute Gasteiger partial charge is 0.493 e. The fraction of sp³-hybridized carbons (Fsp3) is 0.517. The second kappa shape index (κ2) is 11.7. The van der Waals surface area contributed by atoms with Gasteiger partial charge >= 0.3 is 5.97 Å². The van der Waals surface area contributed by atoms with E-state index in [-0.39, 0.29) is 18.6 Å². The molecule has 0 amide bonds. The summed E-state index contributed by atoms with van der Waals surface area (Å²) in [5.74, 6) is 1.18. The first-order valence-electron chi connectivity index (χ1n) is 13.2. The van der Waals surface area contributed by atoms with Crippen LogP contribution in [0, 0.1) is 0 Å². The number of hydrogen-bond acceptors (Lipinski definition) is 6. The smallest absolute Gasteiger partial charge is 0.303 e. The van der Waals surface area contributed by atoms with Gasteiger partial charge in [-0.25, -0.2) is 4.99 Å². The molecule has 1 N–H and O–H groups in total. The second-order valence-electron chi connectivity index (χ2n) is 9.81. The zero-order valence-corrected chi connectivity index (χ0v) is 21.7. The molecule has 3 atom stereocenters. The molecule has 0 bridgehead atoms. The minimum atomic E-state index is -0.733. The molecule has 2 aromatic rings. The number of thioether (sulfide) groups is 1. The number of fused-ring (bicyclic) bond motifs is 2. The van der Waals surface area contributed by atoms with Crippen molar-refractivity contribution < 1.29 is 24.1 Å². The van der Waals surface area contributed by atoms with Gasteiger partial charge in [-0.2, -0.15) is 0 Å². The van der Waals surface area contributed by atoms with E-state index >= 15 is 0 Å². The van der Waals surface area contributed by atoms with E-state index in [1.807, 2.05) is 23.9 Å². The molecular formula is C29H35NO5S. The van der Waals surface area contributed by atoms with Crippen LogP contribution in [0.15, 0.2) is 41.4 Å². The minimum Gasteiger partial charge on any atom is -0.493 e. The van der Waals surface area contributed by atoms with E-state index in [9.17, 15) is 4.79 Å². The Morgan fingerprint density at radius 2 is 2.06 bits per heavy atom. The van der Waals surface area contributed by atoms with Gasteiger partial charge in [0, 0.05) is 18.6 Å². The van der Waals surface area contributed by atoms with Crippen molar-refractivity contribution in [2.45, 2.75) is 75.7 Å². The van der Waals surface area contributed by atoms with Crippen molar-refractivity contribution in [1.29, 1.82) is 0 Å². The molecule has 1 aliphatic carbocycles. The van der Waals surface area contributed by atoms with E-state index < -0.39 is 5.97 Å². The maximum absolute atomic E-state index is 11.1. The highest BCUT2D eigenvalue weighted by molar-refractivity contribution is 8.15. The first-order chi connectivity index (χ1) is 17.6. The van der Waals surface area contributed by atoms with Crippen LogP contribution in [-0.4, -0.2) is 47.4 Å². The van der Waals surface area contributed by atoms with Gasteiger partial charge in [0.05, 0.1) is 24.9 Å². The molecule has 6 nitrogen and oxygen atoms in total. The van der Waals surface area contributed by atoms with Crippen molar-refractivity contribution in [2.75, 3.05) is 19.8 Å². The van der Waals surface area contributed by atoms with Gasteiger partial charge in [0.1, 0.15) is 16.5 Å². The number of aryl methyl sites for hydroxylation is 2. The lowest BCUT2D eigenvalue weighted by atomic mass is 9.98. The van der Waals surface area contributed by atoms with Crippen LogP contribution in [0.3, 0.4) is 0 Å². The summed E-state index contributed by atoms with van der Waals surface area (Å²) in [5, 5.41) is 10.7. The van der Waals surface area contributed by atoms with Crippen molar-refractivity contribution in [3.05, 3.63) is 58.7 Å². The lowest BCUT2D eigenvalue weighted by Crippen LogP contribution is -2.26. The van der Waals surface area contributed by atoms with Gasteiger partial charge in [0.2, 0.25) is 0 Å². The summed E-state index contributed by atoms with van der Waals surface area (Å²) in [6.45, 7) is 4.18. The molecule has 1 saturated heterocycles. The van der Waals surface area contributed by atoms with Crippen molar-refractivity contribution in [3.63, 3.8) is 0 Å². The SMILES string of the molecule is CCCc1cc(C2=NC3OCCCC3S2)ccc1OCCCOc1ccc2c(c1)CC[C@H]2CC(=O)O. The summed E-state index contributed by atoms with van der Waals surface area (Å²) in [7, 11) is 0. The Hall–Kier alpha value is -2.51. The first-order valence-corrected chi connectivity index (χ1v) is 14.1. The maximum atomic E-state index is 11.1. The van der Waals surface area contributed by atoms with Gasteiger partial charge < -0.3 is 19.3 Å². The Morgan fingerprint density at radius 1 is 1.17 bits per heavy atom. The third-order valence-electron chi connectivity index (χ3n) is 7.13. The molecule has 0 radical (unpaired) electrons. The van der Waals surface area contributed by atoms with Crippen LogP contribution < -0.4 is 9.47 Å². The third kappa shape index (κ3) is 5.89. The van der Waals surface area contributed by atoms with E-state index in [0.29, 0.717) is 18.5 Å². The Kier molecular flexibility index (Phi) is 8.17. The summed E-state index contributed by atoms with van der Waals surface area (Å²) in [6.07, 6.45) is 7.14. The van der Waals surface area contributed by atoms with Gasteiger partial charge in [-0.3, -0.25) is 4.79 Å². The highest BCUT2D eigenvalue weighted by atomic mass is 32.2. The molecule has 2 aromatic carbocycles. The molecule has 2 aliphatic heterocycles. The molecule has 1 fully saturated rings. The van der Waals surface area contributed by atoms with E-state index in [0.717, 1.165) is 67.2 Å². The molecule has 0 aromatic heterocycles. The summed E-state index contributed by atoms with van der Waals surface area (Å²) < 4.78 is 18.0. The Bertz CT molecular complexity index is 1120. The zero-order chi connectivity index (χ0) is 24.9. The highest BCUT2D eigenvalue weighted by Gasteiger charge is 2.33. The van der Waals surface area contributed by atoms with Crippen LogP contribution in [-0.2, 0) is 22.4 Å². The molecule has 3 aliphatic rings. The molecular weight excluding hydrogens is 474 g/mol. The first kappa shape index (κ1) is 25.2. The van der Waals surface area contributed by atoms with E-state index in [1.165, 1.54) is 23.1 Å². The summed E-state index contributed by atoms with van der Waals surface area (Å²) in [4.78, 5) is 15.9. The monoisotopic (exact) mass is 509 g/mol. The fourth-order valence-electron chi connectivity index (χ4n) is 5.35. The average Bonchev–Trinajstić information content (AvgIpc) is 3.48. The topological polar surface area (TPSA) is 77.3 Å². The molecule has 0 spiro atoms. The predicted molar refractivity (Wildman–Crippen MR) is 143 cm³/mol. The molecule has 2 unspecified atom stereocenters. The Morgan fingerprint density at radius 3 is 2.89 bits per heavy atom. The van der Waals surface area contributed by atoms with E-state index in [4.69, 9.17) is 24.3 Å². The number of aliphatic imine (C=N–C) groups is 1. The molecule has 192 valence electrons. The number of ether oxygens (including phenoxy) is 3. The van der Waals surface area contributed by atoms with Crippen molar-refractivity contribution in [3.8, 4) is 11.5 Å². The van der Waals surface area contributed by atoms with Crippen molar-refractivity contribution in [2.24, 2.45) is 4.99 Å². The lowest BCUT2D eigenvalue weighted by molar-refractivity contribution is -0.137. The number of nitrogens with zero attached hydrogens (tertiary/aromatic N) is 1. The van der Waals surface area contributed by atoms with Crippen molar-refractivity contribution in [1.82, 2.24) is 0 Å². The van der Waals surface area contributed by atoms with Gasteiger partial charge in [-0.15, -0.1) is 0 Å². The number of carboxylic acid groups (broad SMARTS) is 1. The van der Waals surface area contributed by atoms with Crippen LogP contribution in [0.1, 0.15) is 73.6 Å². The number of carbonyl (C=O) groups is 1.